The Labute approximate surface area is 165 Å². The molecule has 0 spiro atoms. The first-order chi connectivity index (χ1) is 13.7. The first-order valence-electron chi connectivity index (χ1n) is 9.61. The van der Waals surface area contributed by atoms with Crippen molar-refractivity contribution in [1.82, 2.24) is 15.1 Å². The van der Waals surface area contributed by atoms with Crippen molar-refractivity contribution in [2.75, 3.05) is 13.1 Å². The van der Waals surface area contributed by atoms with E-state index < -0.39 is 0 Å². The zero-order valence-corrected chi connectivity index (χ0v) is 15.9. The van der Waals surface area contributed by atoms with Gasteiger partial charge in [0.25, 0.3) is 5.91 Å². The Morgan fingerprint density at radius 1 is 0.964 bits per heavy atom. The first-order valence-corrected chi connectivity index (χ1v) is 9.61. The Balaban J connectivity index is 1.41. The van der Waals surface area contributed by atoms with Gasteiger partial charge in [-0.1, -0.05) is 42.5 Å². The predicted molar refractivity (Wildman–Crippen MR) is 108 cm³/mol. The summed E-state index contributed by atoms with van der Waals surface area (Å²) in [7, 11) is 0. The number of likely N-dealkylation sites (tertiary alicyclic amines) is 1. The third-order valence-electron chi connectivity index (χ3n) is 4.97. The van der Waals surface area contributed by atoms with E-state index in [0.29, 0.717) is 18.0 Å². The minimum Gasteiger partial charge on any atom is -0.471 e. The number of hydrogen-bond donors (Lipinski definition) is 0. The second-order valence-electron chi connectivity index (χ2n) is 7.09. The van der Waals surface area contributed by atoms with Crippen molar-refractivity contribution >= 4 is 5.91 Å². The number of aryl methyl sites for hydroxylation is 1. The standard InChI is InChI=1S/C23H23N3O2/c1-17-9-14-22(25-24-17)28-21-8-5-15-26(16-21)23(27)20-12-10-19(11-13-20)18-6-3-2-4-7-18/h2-4,6-7,9-14,21H,5,8,15-16H2,1H3. The summed E-state index contributed by atoms with van der Waals surface area (Å²) in [5, 5.41) is 8.09. The van der Waals surface area contributed by atoms with Crippen molar-refractivity contribution in [3.05, 3.63) is 78.0 Å². The van der Waals surface area contributed by atoms with Gasteiger partial charge in [-0.3, -0.25) is 4.79 Å². The molecule has 0 saturated carbocycles. The Bertz CT molecular complexity index is 924. The molecule has 1 unspecified atom stereocenters. The van der Waals surface area contributed by atoms with Crippen molar-refractivity contribution in [1.29, 1.82) is 0 Å². The molecule has 1 amide bonds. The number of amides is 1. The normalized spacial score (nSPS) is 16.6. The van der Waals surface area contributed by atoms with E-state index in [4.69, 9.17) is 4.74 Å². The summed E-state index contributed by atoms with van der Waals surface area (Å²) in [6.45, 7) is 3.20. The maximum atomic E-state index is 12.9. The van der Waals surface area contributed by atoms with Gasteiger partial charge in [-0.15, -0.1) is 5.10 Å². The molecule has 28 heavy (non-hydrogen) atoms. The third kappa shape index (κ3) is 4.19. The molecule has 5 nitrogen and oxygen atoms in total. The summed E-state index contributed by atoms with van der Waals surface area (Å²) in [5.41, 5.74) is 3.81. The molecular formula is C23H23N3O2. The van der Waals surface area contributed by atoms with Crippen LogP contribution in [0, 0.1) is 6.92 Å². The number of aromatic nitrogens is 2. The predicted octanol–water partition coefficient (Wildman–Crippen LogP) is 4.14. The van der Waals surface area contributed by atoms with Crippen LogP contribution < -0.4 is 4.74 Å². The fourth-order valence-corrected chi connectivity index (χ4v) is 3.46. The molecule has 0 radical (unpaired) electrons. The Hall–Kier alpha value is -3.21. The first kappa shape index (κ1) is 18.2. The van der Waals surface area contributed by atoms with Gasteiger partial charge in [0.05, 0.1) is 12.2 Å². The van der Waals surface area contributed by atoms with Gasteiger partial charge in [-0.2, -0.15) is 5.10 Å². The fraction of sp³-hybridized carbons (Fsp3) is 0.261. The molecule has 5 heteroatoms. The number of ether oxygens (including phenoxy) is 1. The summed E-state index contributed by atoms with van der Waals surface area (Å²) >= 11 is 0. The van der Waals surface area contributed by atoms with Crippen LogP contribution in [-0.2, 0) is 0 Å². The van der Waals surface area contributed by atoms with Crippen molar-refractivity contribution in [3.63, 3.8) is 0 Å². The largest absolute Gasteiger partial charge is 0.471 e. The molecule has 0 N–H and O–H groups in total. The minimum absolute atomic E-state index is 0.0444. The van der Waals surface area contributed by atoms with Gasteiger partial charge >= 0.3 is 0 Å². The van der Waals surface area contributed by atoms with Crippen molar-refractivity contribution in [2.24, 2.45) is 0 Å². The minimum atomic E-state index is -0.0571. The van der Waals surface area contributed by atoms with Crippen LogP contribution in [0.15, 0.2) is 66.7 Å². The Morgan fingerprint density at radius 2 is 1.71 bits per heavy atom. The quantitative estimate of drug-likeness (QED) is 0.690. The van der Waals surface area contributed by atoms with E-state index in [1.54, 1.807) is 0 Å². The molecule has 3 aromatic rings. The molecule has 1 atom stereocenters. The lowest BCUT2D eigenvalue weighted by atomic mass is 10.0. The smallest absolute Gasteiger partial charge is 0.253 e. The van der Waals surface area contributed by atoms with Crippen LogP contribution in [0.25, 0.3) is 11.1 Å². The summed E-state index contributed by atoms with van der Waals surface area (Å²) in [5.74, 6) is 0.556. The van der Waals surface area contributed by atoms with Crippen LogP contribution in [0.3, 0.4) is 0 Å². The Kier molecular flexibility index (Phi) is 5.33. The van der Waals surface area contributed by atoms with E-state index in [-0.39, 0.29) is 12.0 Å². The average Bonchev–Trinajstić information content (AvgIpc) is 2.76. The zero-order valence-electron chi connectivity index (χ0n) is 15.9. The van der Waals surface area contributed by atoms with E-state index in [1.165, 1.54) is 0 Å². The van der Waals surface area contributed by atoms with Gasteiger partial charge in [0.1, 0.15) is 6.10 Å². The second-order valence-corrected chi connectivity index (χ2v) is 7.09. The molecule has 0 bridgehead atoms. The summed E-state index contributed by atoms with van der Waals surface area (Å²) in [4.78, 5) is 14.8. The third-order valence-corrected chi connectivity index (χ3v) is 4.97. The molecule has 142 valence electrons. The molecule has 2 heterocycles. The highest BCUT2D eigenvalue weighted by Crippen LogP contribution is 2.22. The van der Waals surface area contributed by atoms with E-state index >= 15 is 0 Å². The average molecular weight is 373 g/mol. The van der Waals surface area contributed by atoms with Crippen LogP contribution in [0.4, 0.5) is 0 Å². The van der Waals surface area contributed by atoms with E-state index in [0.717, 1.165) is 36.2 Å². The number of carbonyl (C=O) groups is 1. The Morgan fingerprint density at radius 3 is 2.43 bits per heavy atom. The molecule has 1 aliphatic heterocycles. The van der Waals surface area contributed by atoms with Crippen molar-refractivity contribution < 1.29 is 9.53 Å². The van der Waals surface area contributed by atoms with Gasteiger partial charge in [-0.05, 0) is 49.1 Å². The zero-order chi connectivity index (χ0) is 19.3. The van der Waals surface area contributed by atoms with Crippen LogP contribution in [0.2, 0.25) is 0 Å². The highest BCUT2D eigenvalue weighted by atomic mass is 16.5. The van der Waals surface area contributed by atoms with Gasteiger partial charge in [0.15, 0.2) is 0 Å². The lowest BCUT2D eigenvalue weighted by Gasteiger charge is -2.32. The van der Waals surface area contributed by atoms with Crippen LogP contribution in [0.5, 0.6) is 5.88 Å². The maximum absolute atomic E-state index is 12.9. The highest BCUT2D eigenvalue weighted by Gasteiger charge is 2.26. The topological polar surface area (TPSA) is 55.3 Å². The van der Waals surface area contributed by atoms with Crippen LogP contribution in [0.1, 0.15) is 28.9 Å². The molecular weight excluding hydrogens is 350 g/mol. The summed E-state index contributed by atoms with van der Waals surface area (Å²) < 4.78 is 5.94. The number of piperidine rings is 1. The molecule has 1 aromatic heterocycles. The number of nitrogens with zero attached hydrogens (tertiary/aromatic N) is 3. The van der Waals surface area contributed by atoms with Crippen molar-refractivity contribution in [2.45, 2.75) is 25.9 Å². The van der Waals surface area contributed by atoms with Gasteiger partial charge in [0.2, 0.25) is 5.88 Å². The lowest BCUT2D eigenvalue weighted by molar-refractivity contribution is 0.0525. The summed E-state index contributed by atoms with van der Waals surface area (Å²) in [6.07, 6.45) is 1.77. The van der Waals surface area contributed by atoms with Gasteiger partial charge in [0, 0.05) is 18.2 Å². The second kappa shape index (κ2) is 8.21. The van der Waals surface area contributed by atoms with Crippen LogP contribution in [-0.4, -0.2) is 40.2 Å². The monoisotopic (exact) mass is 373 g/mol. The number of benzene rings is 2. The highest BCUT2D eigenvalue weighted by molar-refractivity contribution is 5.94. The van der Waals surface area contributed by atoms with Crippen molar-refractivity contribution in [3.8, 4) is 17.0 Å². The van der Waals surface area contributed by atoms with E-state index in [2.05, 4.69) is 22.3 Å². The van der Waals surface area contributed by atoms with E-state index in [9.17, 15) is 4.79 Å². The molecule has 0 aliphatic carbocycles. The number of rotatable bonds is 4. The van der Waals surface area contributed by atoms with E-state index in [1.807, 2.05) is 66.4 Å². The molecule has 4 rings (SSSR count). The SMILES string of the molecule is Cc1ccc(OC2CCCN(C(=O)c3ccc(-c4ccccc4)cc3)C2)nn1. The molecule has 1 fully saturated rings. The van der Waals surface area contributed by atoms with Crippen LogP contribution >= 0.6 is 0 Å². The maximum Gasteiger partial charge on any atom is 0.253 e. The molecule has 2 aromatic carbocycles. The lowest BCUT2D eigenvalue weighted by Crippen LogP contribution is -2.44. The number of carbonyl (C=O) groups excluding carboxylic acids is 1. The fourth-order valence-electron chi connectivity index (χ4n) is 3.46. The number of hydrogen-bond acceptors (Lipinski definition) is 4. The van der Waals surface area contributed by atoms with Gasteiger partial charge < -0.3 is 9.64 Å². The molecule has 1 aliphatic rings. The van der Waals surface area contributed by atoms with Gasteiger partial charge in [-0.25, -0.2) is 0 Å². The summed E-state index contributed by atoms with van der Waals surface area (Å²) in [6, 6.07) is 21.7. The molecule has 1 saturated heterocycles.